The minimum atomic E-state index is -3.05. The van der Waals surface area contributed by atoms with Crippen molar-refractivity contribution in [3.8, 4) is 56.4 Å². The third-order valence-corrected chi connectivity index (χ3v) is 16.6. The fraction of sp³-hybridized carbons (Fsp3) is 0.0984. The third kappa shape index (κ3) is 7.78. The first-order valence-electron chi connectivity index (χ1n) is 23.0. The predicted molar refractivity (Wildman–Crippen MR) is 274 cm³/mol. The predicted octanol–water partition coefficient (Wildman–Crippen LogP) is 14.2. The van der Waals surface area contributed by atoms with E-state index in [1.807, 2.05) is 66.7 Å². The van der Waals surface area contributed by atoms with E-state index in [0.717, 1.165) is 78.5 Å². The van der Waals surface area contributed by atoms with Gasteiger partial charge >= 0.3 is 0 Å². The number of hydrogen-bond acceptors (Lipinski definition) is 4. The molecule has 1 heterocycles. The molecule has 10 aromatic rings. The molecule has 0 amide bonds. The molecule has 0 radical (unpaired) electrons. The van der Waals surface area contributed by atoms with Gasteiger partial charge in [0.25, 0.3) is 0 Å². The van der Waals surface area contributed by atoms with Crippen LogP contribution in [0.25, 0.3) is 67.2 Å². The summed E-state index contributed by atoms with van der Waals surface area (Å²) in [5.74, 6) is 1.95. The number of rotatable bonds is 10. The van der Waals surface area contributed by atoms with Gasteiger partial charge in [-0.15, -0.1) is 0 Å². The maximum absolute atomic E-state index is 15.0. The number of benzene rings is 9. The van der Waals surface area contributed by atoms with Crippen molar-refractivity contribution in [1.29, 1.82) is 0 Å². The Morgan fingerprint density at radius 1 is 0.348 bits per heavy atom. The zero-order valence-corrected chi connectivity index (χ0v) is 37.6. The highest BCUT2D eigenvalue weighted by Gasteiger charge is 2.36. The molecule has 0 saturated heterocycles. The number of fused-ring (bicyclic) bond motifs is 1. The van der Waals surface area contributed by atoms with Gasteiger partial charge < -0.3 is 4.57 Å². The van der Waals surface area contributed by atoms with Gasteiger partial charge in [-0.1, -0.05) is 244 Å². The van der Waals surface area contributed by atoms with E-state index in [1.54, 1.807) is 0 Å². The van der Waals surface area contributed by atoms with Crippen LogP contribution >= 0.6 is 7.14 Å². The van der Waals surface area contributed by atoms with Crippen molar-refractivity contribution >= 4 is 33.8 Å². The van der Waals surface area contributed by atoms with Crippen LogP contribution in [0, 0.1) is 0 Å². The van der Waals surface area contributed by atoms with Gasteiger partial charge in [0.1, 0.15) is 0 Å². The van der Waals surface area contributed by atoms with E-state index in [1.165, 1.54) is 30.4 Å². The fourth-order valence-electron chi connectivity index (χ4n) is 10.0. The van der Waals surface area contributed by atoms with Gasteiger partial charge in [-0.2, -0.15) is 0 Å². The molecule has 1 fully saturated rings. The minimum absolute atomic E-state index is 0.104. The molecule has 5 heteroatoms. The standard InChI is InChI=1S/C61H48N3OP/c65-66(53-23-7-2-8-24-53,54-25-9-3-10-26-54)55-39-33-46(34-40-55)45-29-35-51(36-30-45)61(41-13-4-14-42-61)52-37-31-48(32-38-52)58-62-59(50-22-15-21-49(43-50)44-17-5-1-6-18-44)64-60(63-58)57-28-16-20-47-19-11-12-27-56(47)57/h1-3,5-12,15-40,43H,4,13-14,41-42H2. The molecular weight excluding hydrogens is 822 g/mol. The molecule has 66 heavy (non-hydrogen) atoms. The van der Waals surface area contributed by atoms with E-state index in [2.05, 4.69) is 164 Å². The molecule has 1 aliphatic carbocycles. The van der Waals surface area contributed by atoms with E-state index >= 15 is 0 Å². The monoisotopic (exact) mass is 869 g/mol. The molecule has 0 atom stereocenters. The van der Waals surface area contributed by atoms with Crippen LogP contribution in [-0.2, 0) is 9.98 Å². The second-order valence-electron chi connectivity index (χ2n) is 17.4. The minimum Gasteiger partial charge on any atom is -0.309 e. The van der Waals surface area contributed by atoms with Crippen molar-refractivity contribution in [2.75, 3.05) is 0 Å². The van der Waals surface area contributed by atoms with Crippen molar-refractivity contribution in [2.45, 2.75) is 37.5 Å². The summed E-state index contributed by atoms with van der Waals surface area (Å²) in [5.41, 5.74) is 9.94. The van der Waals surface area contributed by atoms with Crippen molar-refractivity contribution < 1.29 is 4.57 Å². The summed E-state index contributed by atoms with van der Waals surface area (Å²) in [6, 6.07) is 80.0. The number of hydrogen-bond donors (Lipinski definition) is 0. The molecule has 0 N–H and O–H groups in total. The molecule has 11 rings (SSSR count). The van der Waals surface area contributed by atoms with E-state index < -0.39 is 7.14 Å². The lowest BCUT2D eigenvalue weighted by molar-refractivity contribution is 0.346. The Labute approximate surface area is 387 Å². The van der Waals surface area contributed by atoms with Crippen LogP contribution < -0.4 is 15.9 Å². The van der Waals surface area contributed by atoms with Crippen molar-refractivity contribution in [1.82, 2.24) is 15.0 Å². The molecule has 318 valence electrons. The third-order valence-electron chi connectivity index (χ3n) is 13.5. The Balaban J connectivity index is 0.928. The molecule has 9 aromatic carbocycles. The first-order valence-corrected chi connectivity index (χ1v) is 24.7. The molecule has 0 unspecified atom stereocenters. The van der Waals surface area contributed by atoms with Crippen LogP contribution in [-0.4, -0.2) is 15.0 Å². The number of nitrogens with zero attached hydrogens (tertiary/aromatic N) is 3. The van der Waals surface area contributed by atoms with Crippen LogP contribution in [0.15, 0.2) is 231 Å². The molecule has 0 aliphatic heterocycles. The van der Waals surface area contributed by atoms with Gasteiger partial charge in [-0.25, -0.2) is 15.0 Å². The van der Waals surface area contributed by atoms with Crippen LogP contribution in [0.1, 0.15) is 43.2 Å². The summed E-state index contributed by atoms with van der Waals surface area (Å²) >= 11 is 0. The first-order chi connectivity index (χ1) is 32.5. The molecule has 0 spiro atoms. The average Bonchev–Trinajstić information content (AvgIpc) is 3.41. The van der Waals surface area contributed by atoms with Crippen molar-refractivity contribution in [3.63, 3.8) is 0 Å². The quantitative estimate of drug-likeness (QED) is 0.129. The lowest BCUT2D eigenvalue weighted by Gasteiger charge is -2.39. The van der Waals surface area contributed by atoms with Gasteiger partial charge in [-0.05, 0) is 63.1 Å². The topological polar surface area (TPSA) is 55.7 Å². The van der Waals surface area contributed by atoms with E-state index in [9.17, 15) is 4.57 Å². The molecule has 1 saturated carbocycles. The highest BCUT2D eigenvalue weighted by Crippen LogP contribution is 2.46. The maximum Gasteiger partial charge on any atom is 0.171 e. The summed E-state index contributed by atoms with van der Waals surface area (Å²) in [4.78, 5) is 15.5. The molecule has 1 aliphatic rings. The van der Waals surface area contributed by atoms with E-state index in [-0.39, 0.29) is 5.41 Å². The van der Waals surface area contributed by atoms with Gasteiger partial charge in [-0.3, -0.25) is 0 Å². The lowest BCUT2D eigenvalue weighted by atomic mass is 9.65. The molecule has 4 nitrogen and oxygen atoms in total. The molecule has 0 bridgehead atoms. The zero-order valence-electron chi connectivity index (χ0n) is 36.7. The Morgan fingerprint density at radius 3 is 1.42 bits per heavy atom. The normalized spacial score (nSPS) is 13.6. The SMILES string of the molecule is O=P(c1ccccc1)(c1ccccc1)c1ccc(-c2ccc(C3(c4ccc(-c5nc(-c6cccc(-c7ccccc7)c6)nc(-c6cccc7ccccc67)n5)cc4)CCCCC3)cc2)cc1. The summed E-state index contributed by atoms with van der Waals surface area (Å²) in [5, 5.41) is 4.77. The number of aromatic nitrogens is 3. The Morgan fingerprint density at radius 2 is 0.788 bits per heavy atom. The van der Waals surface area contributed by atoms with Gasteiger partial charge in [0.05, 0.1) is 0 Å². The van der Waals surface area contributed by atoms with Crippen LogP contribution in [0.4, 0.5) is 0 Å². The smallest absolute Gasteiger partial charge is 0.171 e. The highest BCUT2D eigenvalue weighted by molar-refractivity contribution is 7.85. The van der Waals surface area contributed by atoms with Gasteiger partial charge in [0.2, 0.25) is 0 Å². The summed E-state index contributed by atoms with van der Waals surface area (Å²) in [6.07, 6.45) is 5.79. The van der Waals surface area contributed by atoms with Crippen LogP contribution in [0.5, 0.6) is 0 Å². The maximum atomic E-state index is 15.0. The second-order valence-corrected chi connectivity index (χ2v) is 20.2. The van der Waals surface area contributed by atoms with Crippen LogP contribution in [0.3, 0.4) is 0 Å². The Bertz CT molecular complexity index is 3280. The highest BCUT2D eigenvalue weighted by atomic mass is 31.2. The lowest BCUT2D eigenvalue weighted by Crippen LogP contribution is -2.30. The first kappa shape index (κ1) is 41.2. The molecular formula is C61H48N3OP. The zero-order chi connectivity index (χ0) is 44.3. The van der Waals surface area contributed by atoms with Crippen molar-refractivity contribution in [2.24, 2.45) is 0 Å². The Hall–Kier alpha value is -7.52. The molecule has 1 aromatic heterocycles. The summed E-state index contributed by atoms with van der Waals surface area (Å²) < 4.78 is 15.0. The Kier molecular flexibility index (Phi) is 11.1. The van der Waals surface area contributed by atoms with E-state index in [4.69, 9.17) is 15.0 Å². The van der Waals surface area contributed by atoms with E-state index in [0.29, 0.717) is 17.5 Å². The summed E-state index contributed by atoms with van der Waals surface area (Å²) in [6.45, 7) is 0. The van der Waals surface area contributed by atoms with Crippen LogP contribution in [0.2, 0.25) is 0 Å². The average molecular weight is 870 g/mol. The fourth-order valence-corrected chi connectivity index (χ4v) is 12.7. The van der Waals surface area contributed by atoms with Gasteiger partial charge in [0, 0.05) is 38.0 Å². The largest absolute Gasteiger partial charge is 0.309 e. The summed E-state index contributed by atoms with van der Waals surface area (Å²) in [7, 11) is -3.05. The van der Waals surface area contributed by atoms with Gasteiger partial charge in [0.15, 0.2) is 24.6 Å². The van der Waals surface area contributed by atoms with Crippen molar-refractivity contribution in [3.05, 3.63) is 242 Å². The second kappa shape index (κ2) is 17.8.